The van der Waals surface area contributed by atoms with Crippen LogP contribution in [0.25, 0.3) is 61.0 Å². The predicted molar refractivity (Wildman–Crippen MR) is 188 cm³/mol. The quantitative estimate of drug-likeness (QED) is 0.180. The normalized spacial score (nSPS) is 26.6. The van der Waals surface area contributed by atoms with Crippen LogP contribution in [0, 0.1) is 23.7 Å². The molecule has 0 nitrogen and oxygen atoms in total. The lowest BCUT2D eigenvalue weighted by molar-refractivity contribution is -0.0399. The fourth-order valence-electron chi connectivity index (χ4n) is 11.6. The fraction of sp³-hybridized carbons (Fsp3) is 0.244. The third-order valence-corrected chi connectivity index (χ3v) is 12.9. The molecule has 216 valence electrons. The summed E-state index contributed by atoms with van der Waals surface area (Å²) < 4.78 is 0. The molecular formula is C45H36. The summed E-state index contributed by atoms with van der Waals surface area (Å²) in [6, 6.07) is 42.4. The molecule has 4 fully saturated rings. The number of benzene rings is 6. The third-order valence-electron chi connectivity index (χ3n) is 12.9. The van der Waals surface area contributed by atoms with Gasteiger partial charge in [-0.05, 0) is 145 Å². The molecule has 0 aromatic heterocycles. The van der Waals surface area contributed by atoms with Crippen LogP contribution in [-0.4, -0.2) is 0 Å². The van der Waals surface area contributed by atoms with E-state index < -0.39 is 0 Å². The molecule has 6 aromatic carbocycles. The molecule has 1 spiro atoms. The van der Waals surface area contributed by atoms with Gasteiger partial charge in [0.15, 0.2) is 0 Å². The highest BCUT2D eigenvalue weighted by Crippen LogP contribution is 2.69. The van der Waals surface area contributed by atoms with E-state index in [2.05, 4.69) is 121 Å². The van der Waals surface area contributed by atoms with Crippen molar-refractivity contribution in [2.75, 3.05) is 0 Å². The maximum atomic E-state index is 2.59. The van der Waals surface area contributed by atoms with Gasteiger partial charge in [-0.25, -0.2) is 0 Å². The molecular weight excluding hydrogens is 540 g/mol. The molecule has 0 N–H and O–H groups in total. The average Bonchev–Trinajstić information content (AvgIpc) is 3.67. The van der Waals surface area contributed by atoms with Crippen LogP contribution >= 0.6 is 0 Å². The van der Waals surface area contributed by atoms with Crippen LogP contribution in [0.4, 0.5) is 0 Å². The minimum atomic E-state index is 0.216. The van der Waals surface area contributed by atoms with Crippen molar-refractivity contribution in [3.63, 3.8) is 0 Å². The van der Waals surface area contributed by atoms with Gasteiger partial charge in [0.05, 0.1) is 0 Å². The lowest BCUT2D eigenvalue weighted by Crippen LogP contribution is -2.55. The fourth-order valence-corrected chi connectivity index (χ4v) is 11.6. The van der Waals surface area contributed by atoms with Gasteiger partial charge in [0, 0.05) is 5.41 Å². The van der Waals surface area contributed by atoms with Gasteiger partial charge in [-0.3, -0.25) is 0 Å². The van der Waals surface area contributed by atoms with E-state index in [9.17, 15) is 0 Å². The van der Waals surface area contributed by atoms with Crippen LogP contribution in [0.3, 0.4) is 0 Å². The summed E-state index contributed by atoms with van der Waals surface area (Å²) in [5.41, 5.74) is 14.8. The van der Waals surface area contributed by atoms with Crippen molar-refractivity contribution in [2.45, 2.75) is 43.9 Å². The molecule has 45 heavy (non-hydrogen) atoms. The van der Waals surface area contributed by atoms with Crippen LogP contribution < -0.4 is 0 Å². The van der Waals surface area contributed by atoms with Gasteiger partial charge in [-0.1, -0.05) is 115 Å². The molecule has 0 atom stereocenters. The van der Waals surface area contributed by atoms with E-state index in [0.29, 0.717) is 0 Å². The molecule has 0 aliphatic heterocycles. The molecule has 6 aromatic rings. The molecule has 0 unspecified atom stereocenters. The van der Waals surface area contributed by atoms with Crippen LogP contribution in [-0.2, 0) is 11.8 Å². The molecule has 0 heterocycles. The van der Waals surface area contributed by atoms with Crippen LogP contribution in [0.1, 0.15) is 54.4 Å². The highest BCUT2D eigenvalue weighted by atomic mass is 14.6. The first-order valence-electron chi connectivity index (χ1n) is 17.3. The molecule has 12 rings (SSSR count). The van der Waals surface area contributed by atoms with Gasteiger partial charge in [0.2, 0.25) is 0 Å². The minimum absolute atomic E-state index is 0.216. The van der Waals surface area contributed by atoms with Gasteiger partial charge in [0.1, 0.15) is 0 Å². The molecule has 6 aliphatic carbocycles. The van der Waals surface area contributed by atoms with Crippen molar-refractivity contribution in [2.24, 2.45) is 23.7 Å². The topological polar surface area (TPSA) is 0 Å². The van der Waals surface area contributed by atoms with E-state index in [1.165, 1.54) is 98.2 Å². The second kappa shape index (κ2) is 8.85. The van der Waals surface area contributed by atoms with Gasteiger partial charge < -0.3 is 0 Å². The Morgan fingerprint density at radius 2 is 1.09 bits per heavy atom. The first-order valence-corrected chi connectivity index (χ1v) is 17.3. The van der Waals surface area contributed by atoms with Crippen LogP contribution in [0.15, 0.2) is 115 Å². The number of allylic oxidation sites excluding steroid dienone is 1. The van der Waals surface area contributed by atoms with Gasteiger partial charge in [-0.2, -0.15) is 0 Å². The third kappa shape index (κ3) is 3.13. The monoisotopic (exact) mass is 576 g/mol. The summed E-state index contributed by atoms with van der Waals surface area (Å²) >= 11 is 0. The van der Waals surface area contributed by atoms with Crippen LogP contribution in [0.5, 0.6) is 0 Å². The Labute approximate surface area is 265 Å². The lowest BCUT2D eigenvalue weighted by Gasteiger charge is -2.61. The van der Waals surface area contributed by atoms with E-state index >= 15 is 0 Å². The highest BCUT2D eigenvalue weighted by Gasteiger charge is 2.61. The van der Waals surface area contributed by atoms with Crippen molar-refractivity contribution < 1.29 is 0 Å². The zero-order valence-electron chi connectivity index (χ0n) is 25.6. The van der Waals surface area contributed by atoms with Crippen molar-refractivity contribution >= 4 is 27.6 Å². The van der Waals surface area contributed by atoms with E-state index in [-0.39, 0.29) is 5.41 Å². The Balaban J connectivity index is 1.18. The Morgan fingerprint density at radius 3 is 1.80 bits per heavy atom. The maximum Gasteiger partial charge on any atom is 0.0271 e. The van der Waals surface area contributed by atoms with Gasteiger partial charge in [-0.15, -0.1) is 0 Å². The van der Waals surface area contributed by atoms with Crippen molar-refractivity contribution in [3.05, 3.63) is 138 Å². The second-order valence-electron chi connectivity index (χ2n) is 14.8. The molecule has 0 amide bonds. The largest absolute Gasteiger partial charge is 0.0795 e. The van der Waals surface area contributed by atoms with E-state index in [4.69, 9.17) is 0 Å². The van der Waals surface area contributed by atoms with E-state index in [0.717, 1.165) is 30.1 Å². The van der Waals surface area contributed by atoms with Crippen molar-refractivity contribution in [1.82, 2.24) is 0 Å². The standard InChI is InChI=1S/C45H36/c1-3-14-38-36(12-1)43(37-13-2-4-15-39(37)44(38)35-17-8-10-29-9-7-16-33(29)35)30-19-20-42-40(26-30)34-11-5-6-18-41(34)45(42)31-22-27-21-28(24-31)25-32(45)23-27/h1-15,17-20,26-28,31-32H,16,21-25H2. The highest BCUT2D eigenvalue weighted by molar-refractivity contribution is 6.22. The molecule has 0 radical (unpaired) electrons. The minimum Gasteiger partial charge on any atom is -0.0795 e. The van der Waals surface area contributed by atoms with Gasteiger partial charge >= 0.3 is 0 Å². The summed E-state index contributed by atoms with van der Waals surface area (Å²) in [6.07, 6.45) is 12.8. The lowest BCUT2D eigenvalue weighted by atomic mass is 9.43. The molecule has 4 saturated carbocycles. The van der Waals surface area contributed by atoms with Crippen LogP contribution in [0.2, 0.25) is 0 Å². The Kier molecular flexibility index (Phi) is 4.89. The maximum absolute atomic E-state index is 2.59. The average molecular weight is 577 g/mol. The predicted octanol–water partition coefficient (Wildman–Crippen LogP) is 11.6. The number of rotatable bonds is 2. The van der Waals surface area contributed by atoms with Crippen molar-refractivity contribution in [1.29, 1.82) is 0 Å². The first-order chi connectivity index (χ1) is 22.3. The number of fused-ring (bicyclic) bond motifs is 6. The number of hydrogen-bond acceptors (Lipinski definition) is 0. The molecule has 6 aliphatic rings. The summed E-state index contributed by atoms with van der Waals surface area (Å²) in [6.45, 7) is 0. The summed E-state index contributed by atoms with van der Waals surface area (Å²) in [5.74, 6) is 3.52. The Bertz CT molecular complexity index is 2180. The zero-order valence-corrected chi connectivity index (χ0v) is 25.6. The molecule has 0 saturated heterocycles. The van der Waals surface area contributed by atoms with E-state index in [1.54, 1.807) is 11.1 Å². The zero-order chi connectivity index (χ0) is 29.3. The summed E-state index contributed by atoms with van der Waals surface area (Å²) in [7, 11) is 0. The Hall–Kier alpha value is -4.42. The number of hydrogen-bond donors (Lipinski definition) is 0. The molecule has 0 heteroatoms. The van der Waals surface area contributed by atoms with E-state index in [1.807, 2.05) is 0 Å². The summed E-state index contributed by atoms with van der Waals surface area (Å²) in [5, 5.41) is 5.41. The van der Waals surface area contributed by atoms with Crippen molar-refractivity contribution in [3.8, 4) is 33.4 Å². The Morgan fingerprint density at radius 1 is 0.489 bits per heavy atom. The first kappa shape index (κ1) is 24.8. The second-order valence-corrected chi connectivity index (χ2v) is 14.8. The summed E-state index contributed by atoms with van der Waals surface area (Å²) in [4.78, 5) is 0. The smallest absolute Gasteiger partial charge is 0.0271 e. The molecule has 4 bridgehead atoms. The SMILES string of the molecule is C1=Cc2cccc(-c3c4ccccc4c(-c4ccc5c(c4)-c4ccccc4C54C5CC6CC(C5)CC4C6)c4ccccc34)c2C1. The van der Waals surface area contributed by atoms with Gasteiger partial charge in [0.25, 0.3) is 0 Å².